The van der Waals surface area contributed by atoms with Gasteiger partial charge in [-0.25, -0.2) is 4.79 Å². The Morgan fingerprint density at radius 1 is 1.45 bits per heavy atom. The highest BCUT2D eigenvalue weighted by Crippen LogP contribution is 2.33. The third kappa shape index (κ3) is 2.39. The maximum Gasteiger partial charge on any atom is 0.410 e. The average Bonchev–Trinajstić information content (AvgIpc) is 3.00. The summed E-state index contributed by atoms with van der Waals surface area (Å²) in [7, 11) is 0. The number of aliphatic hydroxyl groups is 1. The minimum Gasteiger partial charge on any atom is -0.445 e. The van der Waals surface area contributed by atoms with Gasteiger partial charge in [0, 0.05) is 12.5 Å². The summed E-state index contributed by atoms with van der Waals surface area (Å²) in [6, 6.07) is 9.29. The highest BCUT2D eigenvalue weighted by Gasteiger charge is 2.51. The molecule has 1 N–H and O–H groups in total. The molecule has 2 saturated heterocycles. The molecule has 2 aliphatic heterocycles. The fourth-order valence-electron chi connectivity index (χ4n) is 3.05. The van der Waals surface area contributed by atoms with E-state index in [1.165, 1.54) is 0 Å². The lowest BCUT2D eigenvalue weighted by Crippen LogP contribution is -2.44. The molecule has 2 fully saturated rings. The van der Waals surface area contributed by atoms with E-state index < -0.39 is 6.10 Å². The predicted octanol–water partition coefficient (Wildman–Crippen LogP) is 1.40. The number of benzene rings is 1. The Labute approximate surface area is 118 Å². The van der Waals surface area contributed by atoms with E-state index in [0.717, 1.165) is 5.56 Å². The predicted molar refractivity (Wildman–Crippen MR) is 72.0 cm³/mol. The van der Waals surface area contributed by atoms with E-state index in [1.54, 1.807) is 4.90 Å². The summed E-state index contributed by atoms with van der Waals surface area (Å²) in [5.74, 6) is 0.224. The molecule has 0 aliphatic carbocycles. The fourth-order valence-corrected chi connectivity index (χ4v) is 3.05. The van der Waals surface area contributed by atoms with Crippen molar-refractivity contribution in [2.24, 2.45) is 5.92 Å². The molecular formula is C15H19NO4. The van der Waals surface area contributed by atoms with E-state index in [9.17, 15) is 9.90 Å². The number of nitrogens with zero attached hydrogens (tertiary/aromatic N) is 1. The molecule has 0 radical (unpaired) electrons. The molecule has 2 aliphatic rings. The van der Waals surface area contributed by atoms with Gasteiger partial charge in [0.15, 0.2) is 0 Å². The Hall–Kier alpha value is -1.59. The van der Waals surface area contributed by atoms with Crippen LogP contribution in [0.5, 0.6) is 0 Å². The Morgan fingerprint density at radius 3 is 2.95 bits per heavy atom. The van der Waals surface area contributed by atoms with Crippen molar-refractivity contribution in [1.29, 1.82) is 0 Å². The van der Waals surface area contributed by atoms with Gasteiger partial charge in [-0.15, -0.1) is 0 Å². The van der Waals surface area contributed by atoms with Gasteiger partial charge in [-0.3, -0.25) is 4.90 Å². The monoisotopic (exact) mass is 277 g/mol. The normalized spacial score (nSPS) is 32.2. The Morgan fingerprint density at radius 2 is 2.20 bits per heavy atom. The Kier molecular flexibility index (Phi) is 3.63. The van der Waals surface area contributed by atoms with E-state index in [4.69, 9.17) is 9.47 Å². The van der Waals surface area contributed by atoms with E-state index in [-0.39, 0.29) is 30.8 Å². The van der Waals surface area contributed by atoms with Crippen molar-refractivity contribution >= 4 is 6.09 Å². The zero-order valence-electron chi connectivity index (χ0n) is 11.4. The van der Waals surface area contributed by atoms with Crippen molar-refractivity contribution in [3.8, 4) is 0 Å². The molecule has 1 aromatic carbocycles. The van der Waals surface area contributed by atoms with E-state index in [1.807, 2.05) is 37.3 Å². The minimum absolute atomic E-state index is 0.0747. The second-order valence-electron chi connectivity index (χ2n) is 5.53. The lowest BCUT2D eigenvalue weighted by atomic mass is 10.0. The molecule has 2 heterocycles. The van der Waals surface area contributed by atoms with Gasteiger partial charge in [-0.05, 0) is 5.56 Å². The van der Waals surface area contributed by atoms with Crippen LogP contribution in [-0.2, 0) is 16.1 Å². The molecule has 0 aromatic heterocycles. The van der Waals surface area contributed by atoms with Gasteiger partial charge >= 0.3 is 6.09 Å². The quantitative estimate of drug-likeness (QED) is 0.888. The minimum atomic E-state index is -0.616. The number of fused-ring (bicyclic) bond motifs is 1. The van der Waals surface area contributed by atoms with Crippen molar-refractivity contribution in [2.45, 2.75) is 31.8 Å². The Balaban J connectivity index is 1.62. The SMILES string of the molecule is C[C@H]1CN(C(=O)OCc2ccccc2)[C@H]2[C@@H]1OC[C@@H]2O. The zero-order chi connectivity index (χ0) is 14.1. The average molecular weight is 277 g/mol. The van der Waals surface area contributed by atoms with Gasteiger partial charge in [0.25, 0.3) is 0 Å². The molecule has 1 aromatic rings. The van der Waals surface area contributed by atoms with Crippen LogP contribution in [0.25, 0.3) is 0 Å². The number of hydrogen-bond donors (Lipinski definition) is 1. The molecule has 0 unspecified atom stereocenters. The van der Waals surface area contributed by atoms with Crippen LogP contribution < -0.4 is 0 Å². The number of carbonyl (C=O) groups is 1. The molecule has 3 rings (SSSR count). The summed E-state index contributed by atoms with van der Waals surface area (Å²) in [5, 5.41) is 9.95. The molecule has 0 saturated carbocycles. The molecule has 4 atom stereocenters. The first-order valence-electron chi connectivity index (χ1n) is 6.94. The van der Waals surface area contributed by atoms with Crippen molar-refractivity contribution in [3.05, 3.63) is 35.9 Å². The van der Waals surface area contributed by atoms with Crippen molar-refractivity contribution in [2.75, 3.05) is 13.2 Å². The molecule has 5 heteroatoms. The standard InChI is InChI=1S/C15H19NO4/c1-10-7-16(13-12(17)9-19-14(10)13)15(18)20-8-11-5-3-2-4-6-11/h2-6,10,12-14,17H,7-9H2,1H3/t10-,12-,13+,14+/m0/s1. The number of hydrogen-bond acceptors (Lipinski definition) is 4. The number of aliphatic hydroxyl groups excluding tert-OH is 1. The maximum absolute atomic E-state index is 12.2. The molecule has 5 nitrogen and oxygen atoms in total. The smallest absolute Gasteiger partial charge is 0.410 e. The van der Waals surface area contributed by atoms with Gasteiger partial charge in [0.05, 0.1) is 18.8 Å². The summed E-state index contributed by atoms with van der Waals surface area (Å²) < 4.78 is 10.9. The van der Waals surface area contributed by atoms with Gasteiger partial charge < -0.3 is 14.6 Å². The van der Waals surface area contributed by atoms with E-state index in [0.29, 0.717) is 13.2 Å². The molecule has 20 heavy (non-hydrogen) atoms. The van der Waals surface area contributed by atoms with Crippen LogP contribution in [0.4, 0.5) is 4.79 Å². The van der Waals surface area contributed by atoms with Crippen LogP contribution in [0.1, 0.15) is 12.5 Å². The summed E-state index contributed by atoms with van der Waals surface area (Å²) in [6.07, 6.45) is -1.07. The number of ether oxygens (including phenoxy) is 2. The summed E-state index contributed by atoms with van der Waals surface area (Å²) in [5.41, 5.74) is 0.952. The third-order valence-electron chi connectivity index (χ3n) is 4.04. The lowest BCUT2D eigenvalue weighted by Gasteiger charge is -2.24. The highest BCUT2D eigenvalue weighted by molar-refractivity contribution is 5.69. The molecular weight excluding hydrogens is 258 g/mol. The zero-order valence-corrected chi connectivity index (χ0v) is 11.4. The van der Waals surface area contributed by atoms with Gasteiger partial charge in [0.2, 0.25) is 0 Å². The van der Waals surface area contributed by atoms with Crippen LogP contribution in [0.15, 0.2) is 30.3 Å². The number of rotatable bonds is 2. The van der Waals surface area contributed by atoms with Crippen LogP contribution in [0, 0.1) is 5.92 Å². The maximum atomic E-state index is 12.2. The lowest BCUT2D eigenvalue weighted by molar-refractivity contribution is 0.0566. The van der Waals surface area contributed by atoms with Gasteiger partial charge in [-0.2, -0.15) is 0 Å². The number of carbonyl (C=O) groups excluding carboxylic acids is 1. The van der Waals surface area contributed by atoms with Gasteiger partial charge in [0.1, 0.15) is 12.7 Å². The topological polar surface area (TPSA) is 59.0 Å². The molecule has 0 bridgehead atoms. The first-order valence-corrected chi connectivity index (χ1v) is 6.94. The van der Waals surface area contributed by atoms with Crippen molar-refractivity contribution in [3.63, 3.8) is 0 Å². The van der Waals surface area contributed by atoms with Crippen LogP contribution in [-0.4, -0.2) is 47.5 Å². The van der Waals surface area contributed by atoms with E-state index >= 15 is 0 Å². The summed E-state index contributed by atoms with van der Waals surface area (Å²) in [6.45, 7) is 3.14. The highest BCUT2D eigenvalue weighted by atomic mass is 16.6. The van der Waals surface area contributed by atoms with Crippen molar-refractivity contribution < 1.29 is 19.4 Å². The van der Waals surface area contributed by atoms with Crippen LogP contribution in [0.3, 0.4) is 0 Å². The van der Waals surface area contributed by atoms with Crippen molar-refractivity contribution in [1.82, 2.24) is 4.90 Å². The largest absolute Gasteiger partial charge is 0.445 e. The second kappa shape index (κ2) is 5.42. The third-order valence-corrected chi connectivity index (χ3v) is 4.04. The second-order valence-corrected chi connectivity index (χ2v) is 5.53. The molecule has 1 amide bonds. The first kappa shape index (κ1) is 13.4. The number of amides is 1. The molecule has 0 spiro atoms. The van der Waals surface area contributed by atoms with Crippen LogP contribution >= 0.6 is 0 Å². The summed E-state index contributed by atoms with van der Waals surface area (Å²) >= 11 is 0. The first-order chi connectivity index (χ1) is 9.66. The Bertz CT molecular complexity index is 478. The van der Waals surface area contributed by atoms with E-state index in [2.05, 4.69) is 0 Å². The summed E-state index contributed by atoms with van der Waals surface area (Å²) in [4.78, 5) is 13.8. The number of likely N-dealkylation sites (tertiary alicyclic amines) is 1. The fraction of sp³-hybridized carbons (Fsp3) is 0.533. The van der Waals surface area contributed by atoms with Crippen LogP contribution in [0.2, 0.25) is 0 Å². The molecule has 108 valence electrons. The van der Waals surface area contributed by atoms with Gasteiger partial charge in [-0.1, -0.05) is 37.3 Å².